The first-order chi connectivity index (χ1) is 37.3. The minimum atomic E-state index is -1.48. The van der Waals surface area contributed by atoms with Gasteiger partial charge in [-0.1, -0.05) is 75.4 Å². The van der Waals surface area contributed by atoms with Gasteiger partial charge in [-0.2, -0.15) is 0 Å². The van der Waals surface area contributed by atoms with E-state index in [1.807, 2.05) is 6.07 Å². The molecule has 1 aromatic heterocycles. The Morgan fingerprint density at radius 3 is 2.45 bits per heavy atom. The summed E-state index contributed by atoms with van der Waals surface area (Å²) in [4.78, 5) is 49.4. The third-order valence-electron chi connectivity index (χ3n) is 25.5. The average Bonchev–Trinajstić information content (AvgIpc) is 1.99. The molecule has 5 saturated heterocycles. The summed E-state index contributed by atoms with van der Waals surface area (Å²) in [6.45, 7) is 6.25. The fourth-order valence-corrected chi connectivity index (χ4v) is 22.5. The van der Waals surface area contributed by atoms with Gasteiger partial charge < -0.3 is 43.6 Å². The van der Waals surface area contributed by atoms with Gasteiger partial charge in [-0.3, -0.25) is 14.9 Å². The SMILES string of the molecule is CC1(C2CCCCC2)OC2C3(CCC(CO)C3)C(=O)OCC23C1C(=O)C(O)C1(C2CCCC(Cc4ccccc4)C2)C3CCC2(C)C(c3ccoc3CC3C(O)CCC4CC5C(C=CN6CNCC56)CC43)OC(=O)C3OC321. The van der Waals surface area contributed by atoms with E-state index in [0.29, 0.717) is 68.2 Å². The second-order valence-corrected chi connectivity index (χ2v) is 28.4. The van der Waals surface area contributed by atoms with E-state index in [4.69, 9.17) is 23.4 Å². The van der Waals surface area contributed by atoms with Crippen LogP contribution in [0.1, 0.15) is 152 Å². The van der Waals surface area contributed by atoms with Crippen LogP contribution >= 0.6 is 0 Å². The lowest BCUT2D eigenvalue weighted by Crippen LogP contribution is -2.80. The maximum atomic E-state index is 16.8. The average molecular weight is 1060 g/mol. The van der Waals surface area contributed by atoms with Gasteiger partial charge in [0.2, 0.25) is 0 Å². The number of aliphatic hydroxyl groups is 3. The predicted molar refractivity (Wildman–Crippen MR) is 282 cm³/mol. The number of allylic oxidation sites excluding steroid dienone is 1. The van der Waals surface area contributed by atoms with E-state index in [-0.39, 0.29) is 54.6 Å². The Hall–Kier alpha value is -3.59. The van der Waals surface area contributed by atoms with Gasteiger partial charge in [-0.15, -0.1) is 0 Å². The van der Waals surface area contributed by atoms with E-state index in [0.717, 1.165) is 114 Å². The van der Waals surface area contributed by atoms with Crippen molar-refractivity contribution in [1.82, 2.24) is 10.2 Å². The summed E-state index contributed by atoms with van der Waals surface area (Å²) in [5.74, 6) is 0.419. The molecule has 13 nitrogen and oxygen atoms in total. The number of rotatable bonds is 8. The number of nitrogens with one attached hydrogen (secondary N) is 1. The molecule has 6 aliphatic heterocycles. The number of ketones is 1. The summed E-state index contributed by atoms with van der Waals surface area (Å²) >= 11 is 0. The molecule has 416 valence electrons. The van der Waals surface area contributed by atoms with Gasteiger partial charge in [0.1, 0.15) is 30.2 Å². The van der Waals surface area contributed by atoms with Crippen molar-refractivity contribution >= 4 is 17.7 Å². The Kier molecular flexibility index (Phi) is 11.7. The first-order valence-electron chi connectivity index (χ1n) is 30.8. The standard InChI is InChI=1S/C64H84N2O11/c1-59-22-19-50-62-34-74-58(72)61(23-18-38(31-61)33-67)57(62)77-60(2,41-13-7-4-8-14-41)52(62)51(69)53(70)63(50,42-15-9-12-37(27-42)26-36-10-5-3-6-11-36)64(59)55(76-64)56(71)75-54(59)43-21-25-73-49(43)30-46-44-28-40-20-24-66-35-65-32-47(66)45(40)29-39(44)16-17-48(46)68/h3,5-6,10-11,20-21,24-25,37-42,44-48,50,52-55,57,65,67-68,70H,4,7-9,12-19,22-23,26-35H2,1-2H3. The van der Waals surface area contributed by atoms with Crippen LogP contribution in [0.4, 0.5) is 0 Å². The van der Waals surface area contributed by atoms with Gasteiger partial charge in [0.05, 0.1) is 42.1 Å². The number of ether oxygens (including phenoxy) is 4. The number of furan rings is 1. The number of benzene rings is 1. The fourth-order valence-electron chi connectivity index (χ4n) is 22.5. The van der Waals surface area contributed by atoms with Crippen molar-refractivity contribution in [2.24, 2.45) is 86.8 Å². The molecule has 13 heteroatoms. The van der Waals surface area contributed by atoms with Crippen molar-refractivity contribution < 1.29 is 53.1 Å². The van der Waals surface area contributed by atoms with Crippen molar-refractivity contribution in [3.63, 3.8) is 0 Å². The normalized spacial score (nSPS) is 50.6. The summed E-state index contributed by atoms with van der Waals surface area (Å²) in [6, 6.07) is 13.1. The van der Waals surface area contributed by atoms with Gasteiger partial charge in [0.15, 0.2) is 11.9 Å². The maximum absolute atomic E-state index is 16.8. The molecule has 22 atom stereocenters. The summed E-state index contributed by atoms with van der Waals surface area (Å²) in [7, 11) is 0. The lowest BCUT2D eigenvalue weighted by atomic mass is 9.31. The van der Waals surface area contributed by atoms with Crippen LogP contribution in [0.15, 0.2) is 59.4 Å². The number of hydrogen-bond donors (Lipinski definition) is 4. The van der Waals surface area contributed by atoms with Gasteiger partial charge >= 0.3 is 11.9 Å². The van der Waals surface area contributed by atoms with Crippen LogP contribution in [0.5, 0.6) is 0 Å². The van der Waals surface area contributed by atoms with Crippen LogP contribution in [0.25, 0.3) is 0 Å². The third-order valence-corrected chi connectivity index (χ3v) is 25.5. The van der Waals surface area contributed by atoms with Gasteiger partial charge in [-0.05, 0) is 174 Å². The molecule has 22 unspecified atom stereocenters. The highest BCUT2D eigenvalue weighted by molar-refractivity contribution is 5.93. The quantitative estimate of drug-likeness (QED) is 0.146. The lowest BCUT2D eigenvalue weighted by molar-refractivity contribution is -0.285. The fraction of sp³-hybridized carbons (Fsp3) is 0.766. The van der Waals surface area contributed by atoms with Crippen molar-refractivity contribution in [2.75, 3.05) is 26.4 Å². The second-order valence-electron chi connectivity index (χ2n) is 28.4. The third kappa shape index (κ3) is 6.70. The van der Waals surface area contributed by atoms with Gasteiger partial charge in [-0.25, -0.2) is 4.79 Å². The van der Waals surface area contributed by atoms with Crippen molar-refractivity contribution in [3.05, 3.63) is 71.8 Å². The van der Waals surface area contributed by atoms with E-state index >= 15 is 9.59 Å². The molecule has 1 aromatic carbocycles. The first kappa shape index (κ1) is 50.4. The molecule has 15 rings (SSSR count). The molecule has 3 spiro atoms. The van der Waals surface area contributed by atoms with Crippen LogP contribution in [0.2, 0.25) is 0 Å². The Balaban J connectivity index is 0.858. The number of fused-ring (bicyclic) bond motifs is 6. The van der Waals surface area contributed by atoms with Crippen LogP contribution < -0.4 is 5.32 Å². The van der Waals surface area contributed by atoms with Crippen molar-refractivity contribution in [1.29, 1.82) is 0 Å². The predicted octanol–water partition coefficient (Wildman–Crippen LogP) is 8.42. The second kappa shape index (κ2) is 18.0. The number of hydrogen-bond acceptors (Lipinski definition) is 13. The molecule has 13 aliphatic rings. The smallest absolute Gasteiger partial charge is 0.339 e. The van der Waals surface area contributed by atoms with E-state index in [2.05, 4.69) is 66.7 Å². The molecule has 2 aromatic rings. The van der Waals surface area contributed by atoms with Crippen molar-refractivity contribution in [2.45, 2.75) is 190 Å². The highest BCUT2D eigenvalue weighted by atomic mass is 16.7. The summed E-state index contributed by atoms with van der Waals surface area (Å²) in [5, 5.41) is 40.6. The number of carbonyl (C=O) groups is 3. The lowest BCUT2D eigenvalue weighted by Gasteiger charge is -2.71. The van der Waals surface area contributed by atoms with Crippen molar-refractivity contribution in [3.8, 4) is 0 Å². The Labute approximate surface area is 454 Å². The number of carbonyl (C=O) groups excluding carboxylic acids is 3. The number of Topliss-reactive ketones (excluding diaryl/α,β-unsaturated/α-hetero) is 1. The van der Waals surface area contributed by atoms with Crippen LogP contribution in [0.3, 0.4) is 0 Å². The molecule has 7 aliphatic carbocycles. The first-order valence-corrected chi connectivity index (χ1v) is 30.8. The van der Waals surface area contributed by atoms with E-state index in [1.165, 1.54) is 5.56 Å². The van der Waals surface area contributed by atoms with E-state index in [9.17, 15) is 20.1 Å². The molecule has 12 fully saturated rings. The van der Waals surface area contributed by atoms with E-state index in [1.54, 1.807) is 6.26 Å². The molecule has 7 saturated carbocycles. The minimum absolute atomic E-state index is 0.0103. The zero-order valence-electron chi connectivity index (χ0n) is 45.5. The topological polar surface area (TPSA) is 181 Å². The molecule has 0 bridgehead atoms. The number of epoxide rings is 1. The number of aliphatic hydroxyl groups excluding tert-OH is 3. The molecule has 0 amide bonds. The monoisotopic (exact) mass is 1060 g/mol. The molecule has 4 N–H and O–H groups in total. The van der Waals surface area contributed by atoms with Crippen LogP contribution in [-0.2, 0) is 46.2 Å². The molecular weight excluding hydrogens is 973 g/mol. The zero-order chi connectivity index (χ0) is 52.4. The van der Waals surface area contributed by atoms with Crippen LogP contribution in [0, 0.1) is 86.8 Å². The Bertz CT molecular complexity index is 2690. The molecule has 77 heavy (non-hydrogen) atoms. The Morgan fingerprint density at radius 1 is 0.805 bits per heavy atom. The summed E-state index contributed by atoms with van der Waals surface area (Å²) in [6.07, 6.45) is 18.5. The molecule has 0 radical (unpaired) electrons. The number of cyclic esters (lactones) is 2. The summed E-state index contributed by atoms with van der Waals surface area (Å²) < 4.78 is 35.4. The number of esters is 2. The number of nitrogens with zero attached hydrogens (tertiary/aromatic N) is 1. The Morgan fingerprint density at radius 2 is 1.64 bits per heavy atom. The minimum Gasteiger partial charge on any atom is -0.469 e. The van der Waals surface area contributed by atoms with E-state index < -0.39 is 81.2 Å². The molecular formula is C64H84N2O11. The maximum Gasteiger partial charge on any atom is 0.339 e. The largest absolute Gasteiger partial charge is 0.469 e. The van der Waals surface area contributed by atoms with Gasteiger partial charge in [0.25, 0.3) is 0 Å². The molecule has 7 heterocycles. The highest BCUT2D eigenvalue weighted by Crippen LogP contribution is 2.84. The zero-order valence-corrected chi connectivity index (χ0v) is 45.5. The highest BCUT2D eigenvalue weighted by Gasteiger charge is 2.94. The van der Waals surface area contributed by atoms with Gasteiger partial charge in [0, 0.05) is 47.4 Å². The van der Waals surface area contributed by atoms with Crippen LogP contribution in [-0.4, -0.2) is 106 Å². The summed E-state index contributed by atoms with van der Waals surface area (Å²) in [5.41, 5.74) is -4.52.